The summed E-state index contributed by atoms with van der Waals surface area (Å²) in [5, 5.41) is 7.79. The maximum absolute atomic E-state index is 11.8. The highest BCUT2D eigenvalue weighted by molar-refractivity contribution is 5.73. The molecule has 1 aliphatic rings. The molecule has 1 aliphatic heterocycles. The molecule has 0 radical (unpaired) electrons. The van der Waals surface area contributed by atoms with E-state index in [1.165, 1.54) is 0 Å². The van der Waals surface area contributed by atoms with Gasteiger partial charge >= 0.3 is 6.03 Å². The molecule has 0 aromatic carbocycles. The number of amides is 2. The summed E-state index contributed by atoms with van der Waals surface area (Å²) in [4.78, 5) is 17.6. The Kier molecular flexibility index (Phi) is 4.36. The summed E-state index contributed by atoms with van der Waals surface area (Å²) in [7, 11) is 3.57. The fourth-order valence-electron chi connectivity index (χ4n) is 2.14. The number of carbonyl (C=O) groups excluding carboxylic acids is 1. The van der Waals surface area contributed by atoms with Gasteiger partial charge in [0.05, 0.1) is 0 Å². The first-order chi connectivity index (χ1) is 9.06. The quantitative estimate of drug-likeness (QED) is 0.784. The molecular weight excluding hydrogens is 246 g/mol. The van der Waals surface area contributed by atoms with Crippen LogP contribution in [0, 0.1) is 6.92 Å². The van der Waals surface area contributed by atoms with Gasteiger partial charge in [-0.25, -0.2) is 4.79 Å². The van der Waals surface area contributed by atoms with Crippen molar-refractivity contribution in [2.75, 3.05) is 46.8 Å². The third-order valence-corrected chi connectivity index (χ3v) is 3.24. The summed E-state index contributed by atoms with van der Waals surface area (Å²) in [6.45, 7) is 6.03. The lowest BCUT2D eigenvalue weighted by Crippen LogP contribution is -2.51. The van der Waals surface area contributed by atoms with Gasteiger partial charge in [-0.05, 0) is 0 Å². The normalized spacial score (nSPS) is 16.7. The van der Waals surface area contributed by atoms with Crippen molar-refractivity contribution < 1.29 is 9.21 Å². The van der Waals surface area contributed by atoms with Gasteiger partial charge < -0.3 is 14.2 Å². The maximum Gasteiger partial charge on any atom is 0.319 e. The highest BCUT2D eigenvalue weighted by Crippen LogP contribution is 2.06. The minimum absolute atomic E-state index is 0.0900. The number of piperazine rings is 1. The Morgan fingerprint density at radius 1 is 1.26 bits per heavy atom. The molecule has 0 N–H and O–H groups in total. The number of nitrogens with zero attached hydrogens (tertiary/aromatic N) is 5. The van der Waals surface area contributed by atoms with E-state index in [4.69, 9.17) is 4.42 Å². The van der Waals surface area contributed by atoms with Crippen LogP contribution in [0.5, 0.6) is 0 Å². The van der Waals surface area contributed by atoms with E-state index >= 15 is 0 Å². The van der Waals surface area contributed by atoms with Crippen LogP contribution in [0.2, 0.25) is 0 Å². The van der Waals surface area contributed by atoms with E-state index in [9.17, 15) is 4.79 Å². The predicted octanol–water partition coefficient (Wildman–Crippen LogP) is 0.220. The van der Waals surface area contributed by atoms with Crippen LogP contribution in [0.25, 0.3) is 0 Å². The maximum atomic E-state index is 11.8. The van der Waals surface area contributed by atoms with E-state index in [1.54, 1.807) is 25.9 Å². The van der Waals surface area contributed by atoms with Gasteiger partial charge in [-0.3, -0.25) is 4.90 Å². The number of hydrogen-bond donors (Lipinski definition) is 0. The lowest BCUT2D eigenvalue weighted by atomic mass is 10.3. The Balaban J connectivity index is 1.73. The van der Waals surface area contributed by atoms with Gasteiger partial charge in [0.25, 0.3) is 0 Å². The first-order valence-electron chi connectivity index (χ1n) is 6.54. The SMILES string of the molecule is Cc1nnc(CCN2CCN(C(=O)N(C)C)CC2)o1. The third kappa shape index (κ3) is 3.66. The molecule has 0 unspecified atom stereocenters. The van der Waals surface area contributed by atoms with Crippen molar-refractivity contribution in [3.05, 3.63) is 11.8 Å². The molecule has 0 spiro atoms. The zero-order chi connectivity index (χ0) is 13.8. The van der Waals surface area contributed by atoms with E-state index in [0.717, 1.165) is 39.1 Å². The second-order valence-corrected chi connectivity index (χ2v) is 4.97. The Bertz CT molecular complexity index is 424. The molecule has 1 aromatic rings. The van der Waals surface area contributed by atoms with Crippen molar-refractivity contribution in [2.45, 2.75) is 13.3 Å². The Hall–Kier alpha value is -1.63. The molecule has 106 valence electrons. The Labute approximate surface area is 113 Å². The average molecular weight is 267 g/mol. The zero-order valence-electron chi connectivity index (χ0n) is 11.8. The van der Waals surface area contributed by atoms with Crippen LogP contribution in [-0.4, -0.2) is 77.7 Å². The zero-order valence-corrected chi connectivity index (χ0v) is 11.8. The van der Waals surface area contributed by atoms with Crippen LogP contribution in [0.1, 0.15) is 11.8 Å². The van der Waals surface area contributed by atoms with Crippen molar-refractivity contribution >= 4 is 6.03 Å². The first-order valence-corrected chi connectivity index (χ1v) is 6.54. The Morgan fingerprint density at radius 3 is 2.47 bits per heavy atom. The number of rotatable bonds is 3. The molecule has 0 atom stereocenters. The van der Waals surface area contributed by atoms with Gasteiger partial charge in [0.2, 0.25) is 11.8 Å². The van der Waals surface area contributed by atoms with Gasteiger partial charge in [-0.2, -0.15) is 0 Å². The topological polar surface area (TPSA) is 65.7 Å². The summed E-state index contributed by atoms with van der Waals surface area (Å²) in [5.74, 6) is 1.29. The largest absolute Gasteiger partial charge is 0.426 e. The molecule has 19 heavy (non-hydrogen) atoms. The second kappa shape index (κ2) is 6.01. The summed E-state index contributed by atoms with van der Waals surface area (Å²) in [5.41, 5.74) is 0. The third-order valence-electron chi connectivity index (χ3n) is 3.24. The molecule has 2 rings (SSSR count). The van der Waals surface area contributed by atoms with E-state index in [1.807, 2.05) is 4.90 Å². The van der Waals surface area contributed by atoms with E-state index in [-0.39, 0.29) is 6.03 Å². The Morgan fingerprint density at radius 2 is 1.95 bits per heavy atom. The number of carbonyl (C=O) groups is 1. The second-order valence-electron chi connectivity index (χ2n) is 4.97. The number of hydrogen-bond acceptors (Lipinski definition) is 5. The van der Waals surface area contributed by atoms with Gasteiger partial charge in [0, 0.05) is 60.2 Å². The highest BCUT2D eigenvalue weighted by Gasteiger charge is 2.22. The molecule has 0 aliphatic carbocycles. The van der Waals surface area contributed by atoms with Gasteiger partial charge in [-0.15, -0.1) is 10.2 Å². The monoisotopic (exact) mass is 267 g/mol. The molecular formula is C12H21N5O2. The van der Waals surface area contributed by atoms with Crippen molar-refractivity contribution in [3.8, 4) is 0 Å². The molecule has 0 bridgehead atoms. The van der Waals surface area contributed by atoms with Crippen molar-refractivity contribution in [1.29, 1.82) is 0 Å². The number of aromatic nitrogens is 2. The summed E-state index contributed by atoms with van der Waals surface area (Å²) in [6.07, 6.45) is 0.766. The average Bonchev–Trinajstić information content (AvgIpc) is 2.82. The predicted molar refractivity (Wildman–Crippen MR) is 69.8 cm³/mol. The van der Waals surface area contributed by atoms with Crippen LogP contribution in [-0.2, 0) is 6.42 Å². The minimum atomic E-state index is 0.0900. The van der Waals surface area contributed by atoms with Crippen LogP contribution in [0.4, 0.5) is 4.79 Å². The summed E-state index contributed by atoms with van der Waals surface area (Å²) in [6, 6.07) is 0.0900. The number of aryl methyl sites for hydroxylation is 1. The molecule has 0 saturated carbocycles. The summed E-state index contributed by atoms with van der Waals surface area (Å²) < 4.78 is 5.35. The van der Waals surface area contributed by atoms with Gasteiger partial charge in [0.1, 0.15) is 0 Å². The number of urea groups is 1. The van der Waals surface area contributed by atoms with Crippen LogP contribution < -0.4 is 0 Å². The first kappa shape index (κ1) is 13.8. The fourth-order valence-corrected chi connectivity index (χ4v) is 2.14. The van der Waals surface area contributed by atoms with E-state index in [0.29, 0.717) is 11.8 Å². The van der Waals surface area contributed by atoms with Gasteiger partial charge in [0.15, 0.2) is 0 Å². The molecule has 7 nitrogen and oxygen atoms in total. The van der Waals surface area contributed by atoms with Crippen molar-refractivity contribution in [3.63, 3.8) is 0 Å². The van der Waals surface area contributed by atoms with Crippen molar-refractivity contribution in [2.24, 2.45) is 0 Å². The van der Waals surface area contributed by atoms with Crippen LogP contribution in [0.3, 0.4) is 0 Å². The summed E-state index contributed by atoms with van der Waals surface area (Å²) >= 11 is 0. The van der Waals surface area contributed by atoms with Crippen molar-refractivity contribution in [1.82, 2.24) is 24.9 Å². The standard InChI is InChI=1S/C12H21N5O2/c1-10-13-14-11(19-10)4-5-16-6-8-17(9-7-16)12(18)15(2)3/h4-9H2,1-3H3. The molecule has 2 amide bonds. The highest BCUT2D eigenvalue weighted by atomic mass is 16.4. The lowest BCUT2D eigenvalue weighted by Gasteiger charge is -2.35. The molecule has 1 aromatic heterocycles. The molecule has 2 heterocycles. The molecule has 1 fully saturated rings. The van der Waals surface area contributed by atoms with E-state index in [2.05, 4.69) is 15.1 Å². The molecule has 7 heteroatoms. The van der Waals surface area contributed by atoms with E-state index < -0.39 is 0 Å². The minimum Gasteiger partial charge on any atom is -0.426 e. The lowest BCUT2D eigenvalue weighted by molar-refractivity contribution is 0.123. The molecule has 1 saturated heterocycles. The van der Waals surface area contributed by atoms with Crippen LogP contribution in [0.15, 0.2) is 4.42 Å². The smallest absolute Gasteiger partial charge is 0.319 e. The van der Waals surface area contributed by atoms with Crippen LogP contribution >= 0.6 is 0 Å². The van der Waals surface area contributed by atoms with Gasteiger partial charge in [-0.1, -0.05) is 0 Å². The fraction of sp³-hybridized carbons (Fsp3) is 0.750.